The van der Waals surface area contributed by atoms with Gasteiger partial charge in [-0.15, -0.1) is 0 Å². The number of rotatable bonds is 6. The minimum absolute atomic E-state index is 0.00531. The predicted molar refractivity (Wildman–Crippen MR) is 120 cm³/mol. The third-order valence-corrected chi connectivity index (χ3v) is 5.49. The van der Waals surface area contributed by atoms with E-state index in [1.165, 1.54) is 19.5 Å². The maximum absolute atomic E-state index is 14.5. The standard InChI is InChI=1S/C22H24F5N7O/c1-13-7-21(23,24)12-34(16(13)9-32-18-11-31-17(10-33-18)22(25,26)27)20(35)19(28)14(8-29-2)15-5-3-4-6-30-15/h3-6,8,10-11,13,16H,7,9,12,28H2,1-2H3,(H,32,33). The summed E-state index contributed by atoms with van der Waals surface area (Å²) >= 11 is 0. The lowest BCUT2D eigenvalue weighted by molar-refractivity contribution is -0.148. The molecule has 1 saturated heterocycles. The van der Waals surface area contributed by atoms with Crippen LogP contribution in [0.5, 0.6) is 0 Å². The highest BCUT2D eigenvalue weighted by atomic mass is 19.4. The van der Waals surface area contributed by atoms with Gasteiger partial charge in [-0.2, -0.15) is 13.2 Å². The van der Waals surface area contributed by atoms with E-state index >= 15 is 0 Å². The number of halogens is 5. The molecule has 1 aliphatic rings. The van der Waals surface area contributed by atoms with Crippen molar-refractivity contribution in [3.63, 3.8) is 0 Å². The number of likely N-dealkylation sites (tertiary alicyclic amines) is 1. The first kappa shape index (κ1) is 26.0. The van der Waals surface area contributed by atoms with Crippen molar-refractivity contribution in [2.45, 2.75) is 31.5 Å². The first-order chi connectivity index (χ1) is 16.4. The summed E-state index contributed by atoms with van der Waals surface area (Å²) in [5.74, 6) is -4.64. The summed E-state index contributed by atoms with van der Waals surface area (Å²) in [6.07, 6.45) is -0.850. The Labute approximate surface area is 198 Å². The van der Waals surface area contributed by atoms with E-state index < -0.39 is 48.6 Å². The molecule has 2 unspecified atom stereocenters. The molecule has 1 aliphatic heterocycles. The number of aliphatic imine (C=N–C) groups is 1. The molecule has 3 heterocycles. The molecule has 1 fully saturated rings. The number of nitrogens with zero attached hydrogens (tertiary/aromatic N) is 5. The van der Waals surface area contributed by atoms with Crippen LogP contribution in [-0.4, -0.2) is 64.1 Å². The molecular weight excluding hydrogens is 473 g/mol. The molecule has 0 radical (unpaired) electrons. The van der Waals surface area contributed by atoms with Crippen molar-refractivity contribution in [2.75, 3.05) is 25.5 Å². The average Bonchev–Trinajstić information content (AvgIpc) is 2.80. The van der Waals surface area contributed by atoms with Gasteiger partial charge in [-0.25, -0.2) is 18.7 Å². The number of alkyl halides is 5. The van der Waals surface area contributed by atoms with Crippen LogP contribution in [0.4, 0.5) is 27.8 Å². The smallest absolute Gasteiger partial charge is 0.394 e. The van der Waals surface area contributed by atoms with Crippen molar-refractivity contribution in [1.29, 1.82) is 0 Å². The fraction of sp³-hybridized carbons (Fsp3) is 0.409. The van der Waals surface area contributed by atoms with Gasteiger partial charge in [-0.05, 0) is 18.1 Å². The molecule has 188 valence electrons. The molecule has 0 spiro atoms. The third-order valence-electron chi connectivity index (χ3n) is 5.49. The quantitative estimate of drug-likeness (QED) is 0.360. The average molecular weight is 497 g/mol. The lowest BCUT2D eigenvalue weighted by Gasteiger charge is -2.43. The number of carbonyl (C=O) groups excluding carboxylic acids is 1. The number of amides is 1. The number of carbonyl (C=O) groups is 1. The summed E-state index contributed by atoms with van der Waals surface area (Å²) in [5.41, 5.74) is 5.19. The van der Waals surface area contributed by atoms with Gasteiger partial charge in [0.2, 0.25) is 0 Å². The van der Waals surface area contributed by atoms with E-state index in [2.05, 4.69) is 25.3 Å². The Kier molecular flexibility index (Phi) is 7.66. The molecule has 1 amide bonds. The van der Waals surface area contributed by atoms with Crippen LogP contribution in [0.1, 0.15) is 24.7 Å². The number of allylic oxidation sites excluding steroid dienone is 1. The number of hydrogen-bond donors (Lipinski definition) is 2. The summed E-state index contributed by atoms with van der Waals surface area (Å²) in [5, 5.41) is 2.79. The minimum Gasteiger partial charge on any atom is -0.394 e. The Morgan fingerprint density at radius 3 is 2.60 bits per heavy atom. The lowest BCUT2D eigenvalue weighted by atomic mass is 9.88. The summed E-state index contributed by atoms with van der Waals surface area (Å²) < 4.78 is 67.0. The molecule has 2 aromatic rings. The molecule has 3 N–H and O–H groups in total. The first-order valence-corrected chi connectivity index (χ1v) is 10.6. The normalized spacial score (nSPS) is 21.1. The van der Waals surface area contributed by atoms with Crippen LogP contribution in [0.25, 0.3) is 5.57 Å². The van der Waals surface area contributed by atoms with Gasteiger partial charge in [-0.1, -0.05) is 13.0 Å². The Morgan fingerprint density at radius 1 is 1.29 bits per heavy atom. The number of pyridine rings is 1. The zero-order valence-electron chi connectivity index (χ0n) is 18.9. The predicted octanol–water partition coefficient (Wildman–Crippen LogP) is 3.25. The van der Waals surface area contributed by atoms with Gasteiger partial charge in [0.1, 0.15) is 11.5 Å². The Balaban J connectivity index is 1.88. The topological polar surface area (TPSA) is 109 Å². The fourth-order valence-corrected chi connectivity index (χ4v) is 3.85. The van der Waals surface area contributed by atoms with Crippen molar-refractivity contribution in [3.8, 4) is 0 Å². The van der Waals surface area contributed by atoms with Crippen LogP contribution < -0.4 is 11.1 Å². The molecule has 2 aromatic heterocycles. The second kappa shape index (κ2) is 10.3. The van der Waals surface area contributed by atoms with Crippen LogP contribution in [0.2, 0.25) is 0 Å². The Hall–Kier alpha value is -3.64. The van der Waals surface area contributed by atoms with Gasteiger partial charge in [-0.3, -0.25) is 14.8 Å². The summed E-state index contributed by atoms with van der Waals surface area (Å²) in [6, 6.07) is 4.19. The van der Waals surface area contributed by atoms with Crippen LogP contribution in [0.15, 0.2) is 47.5 Å². The molecule has 0 saturated carbocycles. The van der Waals surface area contributed by atoms with Crippen LogP contribution in [0, 0.1) is 5.92 Å². The number of aromatic nitrogens is 3. The lowest BCUT2D eigenvalue weighted by Crippen LogP contribution is -2.58. The molecule has 0 aliphatic carbocycles. The molecule has 2 atom stereocenters. The van der Waals surface area contributed by atoms with Crippen LogP contribution in [-0.2, 0) is 11.0 Å². The van der Waals surface area contributed by atoms with Crippen molar-refractivity contribution >= 4 is 23.5 Å². The van der Waals surface area contributed by atoms with Crippen molar-refractivity contribution in [3.05, 3.63) is 53.9 Å². The molecule has 8 nitrogen and oxygen atoms in total. The molecule has 13 heteroatoms. The maximum Gasteiger partial charge on any atom is 0.434 e. The molecule has 0 bridgehead atoms. The minimum atomic E-state index is -4.64. The number of anilines is 1. The highest BCUT2D eigenvalue weighted by Gasteiger charge is 2.46. The molecule has 35 heavy (non-hydrogen) atoms. The Morgan fingerprint density at radius 2 is 2.03 bits per heavy atom. The largest absolute Gasteiger partial charge is 0.434 e. The summed E-state index contributed by atoms with van der Waals surface area (Å²) in [6.45, 7) is 0.628. The van der Waals surface area contributed by atoms with Crippen LogP contribution >= 0.6 is 0 Å². The van der Waals surface area contributed by atoms with Crippen molar-refractivity contribution in [2.24, 2.45) is 16.6 Å². The van der Waals surface area contributed by atoms with E-state index in [4.69, 9.17) is 5.73 Å². The van der Waals surface area contributed by atoms with E-state index in [-0.39, 0.29) is 23.6 Å². The van der Waals surface area contributed by atoms with E-state index in [0.717, 1.165) is 11.1 Å². The maximum atomic E-state index is 14.5. The van der Waals surface area contributed by atoms with Crippen LogP contribution in [0.3, 0.4) is 0 Å². The second-order valence-electron chi connectivity index (χ2n) is 8.13. The van der Waals surface area contributed by atoms with Gasteiger partial charge in [0, 0.05) is 38.0 Å². The van der Waals surface area contributed by atoms with Gasteiger partial charge < -0.3 is 16.0 Å². The molecule has 3 rings (SSSR count). The van der Waals surface area contributed by atoms with Crippen molar-refractivity contribution in [1.82, 2.24) is 19.9 Å². The number of hydrogen-bond acceptors (Lipinski definition) is 7. The van der Waals surface area contributed by atoms with Gasteiger partial charge in [0.05, 0.1) is 30.7 Å². The number of nitrogens with two attached hydrogens (primary N) is 1. The third kappa shape index (κ3) is 6.28. The highest BCUT2D eigenvalue weighted by molar-refractivity contribution is 6.17. The SMILES string of the molecule is CN=CC(=C(N)C(=O)N1CC(F)(F)CC(C)C1CNc1cnc(C(F)(F)F)cn1)c1ccccn1. The molecular formula is C22H24F5N7O. The van der Waals surface area contributed by atoms with E-state index in [0.29, 0.717) is 11.9 Å². The van der Waals surface area contributed by atoms with Gasteiger partial charge in [0.25, 0.3) is 11.8 Å². The monoisotopic (exact) mass is 497 g/mol. The van der Waals surface area contributed by atoms with Crippen molar-refractivity contribution < 1.29 is 26.7 Å². The van der Waals surface area contributed by atoms with Gasteiger partial charge >= 0.3 is 6.18 Å². The van der Waals surface area contributed by atoms with Gasteiger partial charge in [0.15, 0.2) is 5.69 Å². The number of piperidine rings is 1. The number of nitrogens with one attached hydrogen (secondary N) is 1. The zero-order chi connectivity index (χ0) is 25.8. The molecule has 0 aromatic carbocycles. The van der Waals surface area contributed by atoms with E-state index in [9.17, 15) is 26.7 Å². The Bertz CT molecular complexity index is 1090. The second-order valence-corrected chi connectivity index (χ2v) is 8.13. The highest BCUT2D eigenvalue weighted by Crippen LogP contribution is 2.35. The fourth-order valence-electron chi connectivity index (χ4n) is 3.85. The first-order valence-electron chi connectivity index (χ1n) is 10.6. The van der Waals surface area contributed by atoms with E-state index in [1.807, 2.05) is 0 Å². The summed E-state index contributed by atoms with van der Waals surface area (Å²) in [4.78, 5) is 29.3. The zero-order valence-corrected chi connectivity index (χ0v) is 18.9. The summed E-state index contributed by atoms with van der Waals surface area (Å²) in [7, 11) is 1.47. The van der Waals surface area contributed by atoms with E-state index in [1.54, 1.807) is 25.1 Å².